The first-order valence-electron chi connectivity index (χ1n) is 12.6. The number of benzene rings is 3. The van der Waals surface area contributed by atoms with Crippen molar-refractivity contribution in [1.29, 1.82) is 0 Å². The molecule has 0 aromatic heterocycles. The maximum atomic E-state index is 14.0. The van der Waals surface area contributed by atoms with E-state index in [0.29, 0.717) is 29.1 Å². The van der Waals surface area contributed by atoms with Gasteiger partial charge in [-0.15, -0.1) is 0 Å². The second kappa shape index (κ2) is 13.6. The molecule has 0 bridgehead atoms. The van der Waals surface area contributed by atoms with Crippen LogP contribution in [0.15, 0.2) is 72.8 Å². The molecule has 2 amide bonds. The molecule has 0 radical (unpaired) electrons. The minimum Gasteiger partial charge on any atom is -0.354 e. The Morgan fingerprint density at radius 1 is 0.974 bits per heavy atom. The number of anilines is 1. The van der Waals surface area contributed by atoms with E-state index in [4.69, 9.17) is 11.6 Å². The number of rotatable bonds is 12. The highest BCUT2D eigenvalue weighted by molar-refractivity contribution is 7.92. The Kier molecular flexibility index (Phi) is 10.5. The molecule has 3 aromatic carbocycles. The zero-order valence-corrected chi connectivity index (χ0v) is 23.8. The molecular weight excluding hydrogens is 541 g/mol. The summed E-state index contributed by atoms with van der Waals surface area (Å²) in [5, 5.41) is 3.23. The summed E-state index contributed by atoms with van der Waals surface area (Å²) in [6.45, 7) is 3.44. The molecule has 1 atom stereocenters. The Morgan fingerprint density at radius 2 is 1.64 bits per heavy atom. The zero-order valence-electron chi connectivity index (χ0n) is 22.2. The van der Waals surface area contributed by atoms with Crippen molar-refractivity contribution in [3.8, 4) is 0 Å². The minimum absolute atomic E-state index is 0.0255. The summed E-state index contributed by atoms with van der Waals surface area (Å²) in [5.41, 5.74) is 2.20. The molecular formula is C29H33ClFN3O4S. The summed E-state index contributed by atoms with van der Waals surface area (Å²) in [4.78, 5) is 28.8. The van der Waals surface area contributed by atoms with E-state index in [2.05, 4.69) is 5.32 Å². The van der Waals surface area contributed by atoms with Crippen LogP contribution in [0.3, 0.4) is 0 Å². The van der Waals surface area contributed by atoms with E-state index < -0.39 is 34.3 Å². The SMILES string of the molecule is CCCNC(=O)[C@@H](Cc1ccccc1)N(Cc1ccc(F)cc1)C(=O)CN(c1cccc(Cl)c1C)S(C)(=O)=O. The third-order valence-electron chi connectivity index (χ3n) is 6.27. The van der Waals surface area contributed by atoms with Crippen LogP contribution in [0.2, 0.25) is 5.02 Å². The molecule has 7 nitrogen and oxygen atoms in total. The van der Waals surface area contributed by atoms with Crippen LogP contribution >= 0.6 is 11.6 Å². The largest absolute Gasteiger partial charge is 0.354 e. The summed E-state index contributed by atoms with van der Waals surface area (Å²) in [6, 6.07) is 18.8. The van der Waals surface area contributed by atoms with Gasteiger partial charge in [-0.3, -0.25) is 13.9 Å². The minimum atomic E-state index is -3.91. The van der Waals surface area contributed by atoms with Gasteiger partial charge in [-0.05, 0) is 54.3 Å². The summed E-state index contributed by atoms with van der Waals surface area (Å²) in [7, 11) is -3.91. The van der Waals surface area contributed by atoms with Crippen LogP contribution in [-0.4, -0.2) is 50.5 Å². The molecule has 0 spiro atoms. The van der Waals surface area contributed by atoms with Crippen LogP contribution in [0.5, 0.6) is 0 Å². The molecule has 3 rings (SSSR count). The fraction of sp³-hybridized carbons (Fsp3) is 0.310. The van der Waals surface area contributed by atoms with Gasteiger partial charge in [-0.2, -0.15) is 0 Å². The number of nitrogens with one attached hydrogen (secondary N) is 1. The number of carbonyl (C=O) groups is 2. The highest BCUT2D eigenvalue weighted by atomic mass is 35.5. The maximum Gasteiger partial charge on any atom is 0.244 e. The Labute approximate surface area is 234 Å². The van der Waals surface area contributed by atoms with E-state index in [1.54, 1.807) is 25.1 Å². The van der Waals surface area contributed by atoms with Crippen molar-refractivity contribution < 1.29 is 22.4 Å². The smallest absolute Gasteiger partial charge is 0.244 e. The van der Waals surface area contributed by atoms with Gasteiger partial charge in [0, 0.05) is 24.5 Å². The highest BCUT2D eigenvalue weighted by Crippen LogP contribution is 2.28. The fourth-order valence-corrected chi connectivity index (χ4v) is 5.24. The zero-order chi connectivity index (χ0) is 28.6. The predicted molar refractivity (Wildman–Crippen MR) is 153 cm³/mol. The lowest BCUT2D eigenvalue weighted by molar-refractivity contribution is -0.140. The number of carbonyl (C=O) groups excluding carboxylic acids is 2. The highest BCUT2D eigenvalue weighted by Gasteiger charge is 2.33. The second-order valence-corrected chi connectivity index (χ2v) is 11.6. The normalized spacial score (nSPS) is 12.0. The summed E-state index contributed by atoms with van der Waals surface area (Å²) >= 11 is 6.26. The van der Waals surface area contributed by atoms with E-state index in [1.165, 1.54) is 29.2 Å². The Balaban J connectivity index is 2.06. The van der Waals surface area contributed by atoms with Crippen molar-refractivity contribution in [3.63, 3.8) is 0 Å². The molecule has 1 N–H and O–H groups in total. The first-order valence-corrected chi connectivity index (χ1v) is 14.8. The Hall–Kier alpha value is -3.43. The molecule has 0 saturated carbocycles. The van der Waals surface area contributed by atoms with E-state index in [9.17, 15) is 22.4 Å². The van der Waals surface area contributed by atoms with Gasteiger partial charge in [0.25, 0.3) is 0 Å². The van der Waals surface area contributed by atoms with E-state index in [0.717, 1.165) is 16.1 Å². The van der Waals surface area contributed by atoms with Crippen molar-refractivity contribution >= 4 is 39.1 Å². The second-order valence-electron chi connectivity index (χ2n) is 9.30. The Morgan fingerprint density at radius 3 is 2.26 bits per heavy atom. The van der Waals surface area contributed by atoms with Crippen molar-refractivity contribution in [2.24, 2.45) is 0 Å². The molecule has 0 heterocycles. The van der Waals surface area contributed by atoms with Crippen molar-refractivity contribution in [1.82, 2.24) is 10.2 Å². The quantitative estimate of drug-likeness (QED) is 0.340. The first-order chi connectivity index (χ1) is 18.5. The van der Waals surface area contributed by atoms with Gasteiger partial charge in [0.15, 0.2) is 0 Å². The summed E-state index contributed by atoms with van der Waals surface area (Å²) in [5.74, 6) is -1.38. The third kappa shape index (κ3) is 8.28. The molecule has 0 aliphatic heterocycles. The average Bonchev–Trinajstić information content (AvgIpc) is 2.90. The van der Waals surface area contributed by atoms with E-state index in [-0.39, 0.29) is 24.6 Å². The maximum absolute atomic E-state index is 14.0. The fourth-order valence-electron chi connectivity index (χ4n) is 4.17. The van der Waals surface area contributed by atoms with Crippen LogP contribution in [0, 0.1) is 12.7 Å². The van der Waals surface area contributed by atoms with Crippen LogP contribution < -0.4 is 9.62 Å². The van der Waals surface area contributed by atoms with Gasteiger partial charge in [-0.1, -0.05) is 67.1 Å². The van der Waals surface area contributed by atoms with Gasteiger partial charge in [-0.25, -0.2) is 12.8 Å². The molecule has 0 aliphatic rings. The number of sulfonamides is 1. The molecule has 0 fully saturated rings. The van der Waals surface area contributed by atoms with Crippen molar-refractivity contribution in [2.45, 2.75) is 39.3 Å². The van der Waals surface area contributed by atoms with Crippen LogP contribution in [0.4, 0.5) is 10.1 Å². The number of amides is 2. The predicted octanol–water partition coefficient (Wildman–Crippen LogP) is 4.72. The molecule has 0 saturated heterocycles. The lowest BCUT2D eigenvalue weighted by atomic mass is 10.0. The third-order valence-corrected chi connectivity index (χ3v) is 7.81. The summed E-state index contributed by atoms with van der Waals surface area (Å²) in [6.07, 6.45) is 1.92. The Bertz CT molecular complexity index is 1390. The van der Waals surface area contributed by atoms with Crippen molar-refractivity contribution in [2.75, 3.05) is 23.7 Å². The summed E-state index contributed by atoms with van der Waals surface area (Å²) < 4.78 is 40.4. The van der Waals surface area contributed by atoms with Gasteiger partial charge < -0.3 is 10.2 Å². The molecule has 3 aromatic rings. The van der Waals surface area contributed by atoms with E-state index >= 15 is 0 Å². The number of nitrogens with zero attached hydrogens (tertiary/aromatic N) is 2. The molecule has 208 valence electrons. The van der Waals surface area contributed by atoms with Crippen LogP contribution in [0.25, 0.3) is 0 Å². The standard InChI is InChI=1S/C29H33ClFN3O4S/c1-4-17-32-29(36)27(18-22-9-6-5-7-10-22)33(19-23-13-15-24(31)16-14-23)28(35)20-34(39(3,37)38)26-12-8-11-25(30)21(26)2/h5-16,27H,4,17-20H2,1-3H3,(H,32,36)/t27-/m1/s1. The van der Waals surface area contributed by atoms with Crippen LogP contribution in [0.1, 0.15) is 30.0 Å². The van der Waals surface area contributed by atoms with Crippen LogP contribution in [-0.2, 0) is 32.6 Å². The lowest BCUT2D eigenvalue weighted by Gasteiger charge is -2.34. The van der Waals surface area contributed by atoms with Gasteiger partial charge in [0.1, 0.15) is 18.4 Å². The molecule has 39 heavy (non-hydrogen) atoms. The number of hydrogen-bond acceptors (Lipinski definition) is 4. The monoisotopic (exact) mass is 573 g/mol. The van der Waals surface area contributed by atoms with Gasteiger partial charge >= 0.3 is 0 Å². The lowest BCUT2D eigenvalue weighted by Crippen LogP contribution is -2.53. The topological polar surface area (TPSA) is 86.8 Å². The molecule has 0 unspecified atom stereocenters. The van der Waals surface area contributed by atoms with E-state index in [1.807, 2.05) is 37.3 Å². The number of halogens is 2. The molecule has 10 heteroatoms. The number of hydrogen-bond donors (Lipinski definition) is 1. The van der Waals surface area contributed by atoms with Gasteiger partial charge in [0.05, 0.1) is 11.9 Å². The average molecular weight is 574 g/mol. The van der Waals surface area contributed by atoms with Crippen molar-refractivity contribution in [3.05, 3.63) is 100 Å². The van der Waals surface area contributed by atoms with Gasteiger partial charge in [0.2, 0.25) is 21.8 Å². The first kappa shape index (κ1) is 30.1. The molecule has 0 aliphatic carbocycles.